The molecule has 0 unspecified atom stereocenters. The molecule has 0 spiro atoms. The quantitative estimate of drug-likeness (QED) is 0.673. The molecule has 1 aromatic carbocycles. The predicted molar refractivity (Wildman–Crippen MR) is 96.6 cm³/mol. The Labute approximate surface area is 145 Å². The van der Waals surface area contributed by atoms with Crippen LogP contribution in [0, 0.1) is 0 Å². The van der Waals surface area contributed by atoms with Crippen LogP contribution in [0.3, 0.4) is 0 Å². The molecule has 1 aliphatic carbocycles. The molecule has 3 nitrogen and oxygen atoms in total. The Kier molecular flexibility index (Phi) is 8.16. The molecule has 1 saturated carbocycles. The van der Waals surface area contributed by atoms with Gasteiger partial charge >= 0.3 is 0 Å². The zero-order chi connectivity index (χ0) is 15.6. The first-order chi connectivity index (χ1) is 10.7. The van der Waals surface area contributed by atoms with Gasteiger partial charge in [-0.05, 0) is 37.1 Å². The summed E-state index contributed by atoms with van der Waals surface area (Å²) in [4.78, 5) is 11.8. The van der Waals surface area contributed by atoms with Crippen molar-refractivity contribution in [2.45, 2.75) is 44.6 Å². The summed E-state index contributed by atoms with van der Waals surface area (Å²) in [5.74, 6) is 2.86. The molecule has 1 amide bonds. The Bertz CT molecular complexity index is 446. The number of amides is 1. The van der Waals surface area contributed by atoms with Crippen molar-refractivity contribution in [2.24, 2.45) is 0 Å². The van der Waals surface area contributed by atoms with Gasteiger partial charge in [0.05, 0.1) is 6.61 Å². The van der Waals surface area contributed by atoms with Gasteiger partial charge in [-0.25, -0.2) is 0 Å². The van der Waals surface area contributed by atoms with Crippen LogP contribution in [-0.2, 0) is 4.79 Å². The van der Waals surface area contributed by atoms with E-state index in [9.17, 15) is 4.79 Å². The number of hydrogen-bond donors (Lipinski definition) is 1. The normalized spacial score (nSPS) is 15.5. The topological polar surface area (TPSA) is 38.3 Å². The highest BCUT2D eigenvalue weighted by Gasteiger charge is 2.15. The van der Waals surface area contributed by atoms with Gasteiger partial charge in [-0.3, -0.25) is 4.79 Å². The molecule has 0 saturated heterocycles. The smallest absolute Gasteiger partial charge is 0.221 e. The molecule has 1 aliphatic rings. The van der Waals surface area contributed by atoms with Crippen molar-refractivity contribution in [2.75, 3.05) is 18.1 Å². The molecule has 0 radical (unpaired) electrons. The Morgan fingerprint density at radius 3 is 2.64 bits per heavy atom. The van der Waals surface area contributed by atoms with Gasteiger partial charge in [0.15, 0.2) is 0 Å². The molecule has 1 aromatic rings. The van der Waals surface area contributed by atoms with Crippen LogP contribution in [0.15, 0.2) is 28.7 Å². The van der Waals surface area contributed by atoms with Crippen LogP contribution in [0.1, 0.15) is 38.5 Å². The van der Waals surface area contributed by atoms with Gasteiger partial charge in [0, 0.05) is 28.4 Å². The first-order valence-corrected chi connectivity index (χ1v) is 9.94. The van der Waals surface area contributed by atoms with Crippen LogP contribution < -0.4 is 10.1 Å². The Hall–Kier alpha value is -0.680. The molecule has 0 bridgehead atoms. The zero-order valence-corrected chi connectivity index (χ0v) is 15.3. The van der Waals surface area contributed by atoms with Gasteiger partial charge in [-0.2, -0.15) is 11.8 Å². The SMILES string of the molecule is O=C(CCSCCOc1ccc(Br)cc1)NC1CCCCC1. The van der Waals surface area contributed by atoms with Crippen LogP contribution in [-0.4, -0.2) is 30.1 Å². The second-order valence-corrected chi connectivity index (χ2v) is 7.71. The summed E-state index contributed by atoms with van der Waals surface area (Å²) in [5.41, 5.74) is 0. The van der Waals surface area contributed by atoms with E-state index in [1.807, 2.05) is 24.3 Å². The van der Waals surface area contributed by atoms with Gasteiger partial charge in [-0.1, -0.05) is 35.2 Å². The van der Waals surface area contributed by atoms with Crippen molar-refractivity contribution in [1.82, 2.24) is 5.32 Å². The van der Waals surface area contributed by atoms with Crippen molar-refractivity contribution >= 4 is 33.6 Å². The average molecular weight is 386 g/mol. The number of rotatable bonds is 8. The third-order valence-corrected chi connectivity index (χ3v) is 5.23. The van der Waals surface area contributed by atoms with Crippen LogP contribution in [0.25, 0.3) is 0 Å². The molecular weight excluding hydrogens is 362 g/mol. The van der Waals surface area contributed by atoms with E-state index in [0.29, 0.717) is 19.1 Å². The maximum Gasteiger partial charge on any atom is 0.221 e. The second-order valence-electron chi connectivity index (χ2n) is 5.57. The summed E-state index contributed by atoms with van der Waals surface area (Å²) >= 11 is 5.17. The van der Waals surface area contributed by atoms with Crippen molar-refractivity contribution in [3.63, 3.8) is 0 Å². The van der Waals surface area contributed by atoms with Crippen LogP contribution in [0.4, 0.5) is 0 Å². The number of ether oxygens (including phenoxy) is 1. The Morgan fingerprint density at radius 1 is 1.18 bits per heavy atom. The molecule has 0 atom stereocenters. The van der Waals surface area contributed by atoms with Crippen LogP contribution >= 0.6 is 27.7 Å². The van der Waals surface area contributed by atoms with Crippen LogP contribution in [0.5, 0.6) is 5.75 Å². The second kappa shape index (κ2) is 10.2. The van der Waals surface area contributed by atoms with Gasteiger partial charge < -0.3 is 10.1 Å². The molecule has 22 heavy (non-hydrogen) atoms. The van der Waals surface area contributed by atoms with E-state index >= 15 is 0 Å². The van der Waals surface area contributed by atoms with Gasteiger partial charge in [0.1, 0.15) is 5.75 Å². The fourth-order valence-electron chi connectivity index (χ4n) is 2.56. The molecular formula is C17H24BrNO2S. The lowest BCUT2D eigenvalue weighted by Gasteiger charge is -2.22. The number of carbonyl (C=O) groups is 1. The highest BCUT2D eigenvalue weighted by atomic mass is 79.9. The molecule has 122 valence electrons. The standard InChI is InChI=1S/C17H24BrNO2S/c18-14-6-8-16(9-7-14)21-11-13-22-12-10-17(20)19-15-4-2-1-3-5-15/h6-9,15H,1-5,10-13H2,(H,19,20). The number of thioether (sulfide) groups is 1. The first-order valence-electron chi connectivity index (χ1n) is 7.99. The molecule has 1 N–H and O–H groups in total. The van der Waals surface area contributed by atoms with E-state index < -0.39 is 0 Å². The van der Waals surface area contributed by atoms with E-state index in [-0.39, 0.29) is 5.91 Å². The minimum absolute atomic E-state index is 0.202. The Morgan fingerprint density at radius 2 is 1.91 bits per heavy atom. The number of hydrogen-bond acceptors (Lipinski definition) is 3. The van der Waals surface area contributed by atoms with Crippen molar-refractivity contribution in [1.29, 1.82) is 0 Å². The molecule has 0 aromatic heterocycles. The highest BCUT2D eigenvalue weighted by Crippen LogP contribution is 2.18. The van der Waals surface area contributed by atoms with E-state index in [1.165, 1.54) is 19.3 Å². The maximum atomic E-state index is 11.8. The number of carbonyl (C=O) groups excluding carboxylic acids is 1. The lowest BCUT2D eigenvalue weighted by Crippen LogP contribution is -2.36. The Balaban J connectivity index is 1.48. The number of nitrogens with one attached hydrogen (secondary N) is 1. The molecule has 5 heteroatoms. The minimum Gasteiger partial charge on any atom is -0.493 e. The third-order valence-electron chi connectivity index (χ3n) is 3.75. The average Bonchev–Trinajstić information content (AvgIpc) is 2.53. The zero-order valence-electron chi connectivity index (χ0n) is 12.9. The number of halogens is 1. The summed E-state index contributed by atoms with van der Waals surface area (Å²) in [7, 11) is 0. The van der Waals surface area contributed by atoms with Crippen molar-refractivity contribution < 1.29 is 9.53 Å². The summed E-state index contributed by atoms with van der Waals surface area (Å²) < 4.78 is 6.70. The molecule has 0 aliphatic heterocycles. The summed E-state index contributed by atoms with van der Waals surface area (Å²) in [6, 6.07) is 8.27. The van der Waals surface area contributed by atoms with Crippen molar-refractivity contribution in [3.8, 4) is 5.75 Å². The van der Waals surface area contributed by atoms with Gasteiger partial charge in [0.2, 0.25) is 5.91 Å². The summed E-state index contributed by atoms with van der Waals surface area (Å²) in [5, 5.41) is 3.15. The molecule has 2 rings (SSSR count). The fraction of sp³-hybridized carbons (Fsp3) is 0.588. The minimum atomic E-state index is 0.202. The monoisotopic (exact) mass is 385 g/mol. The van der Waals surface area contributed by atoms with Gasteiger partial charge in [-0.15, -0.1) is 0 Å². The van der Waals surface area contributed by atoms with Gasteiger partial charge in [0.25, 0.3) is 0 Å². The van der Waals surface area contributed by atoms with E-state index in [2.05, 4.69) is 21.2 Å². The lowest BCUT2D eigenvalue weighted by molar-refractivity contribution is -0.121. The first kappa shape index (κ1) is 17.7. The van der Waals surface area contributed by atoms with Crippen LogP contribution in [0.2, 0.25) is 0 Å². The summed E-state index contributed by atoms with van der Waals surface area (Å²) in [6.07, 6.45) is 6.75. The lowest BCUT2D eigenvalue weighted by atomic mass is 9.95. The van der Waals surface area contributed by atoms with E-state index in [4.69, 9.17) is 4.74 Å². The third kappa shape index (κ3) is 7.05. The largest absolute Gasteiger partial charge is 0.493 e. The van der Waals surface area contributed by atoms with Crippen molar-refractivity contribution in [3.05, 3.63) is 28.7 Å². The molecule has 1 fully saturated rings. The van der Waals surface area contributed by atoms with E-state index in [1.54, 1.807) is 11.8 Å². The molecule has 0 heterocycles. The maximum absolute atomic E-state index is 11.8. The fourth-order valence-corrected chi connectivity index (χ4v) is 3.56. The van der Waals surface area contributed by atoms with E-state index in [0.717, 1.165) is 34.6 Å². The number of benzene rings is 1. The highest BCUT2D eigenvalue weighted by molar-refractivity contribution is 9.10. The predicted octanol–water partition coefficient (Wildman–Crippen LogP) is 4.40. The summed E-state index contributed by atoms with van der Waals surface area (Å²) in [6.45, 7) is 0.677.